The third-order valence-corrected chi connectivity index (χ3v) is 2.05. The highest BCUT2D eigenvalue weighted by molar-refractivity contribution is 5.92. The van der Waals surface area contributed by atoms with E-state index < -0.39 is 0 Å². The minimum Gasteiger partial charge on any atom is -0.385 e. The fraction of sp³-hybridized carbons (Fsp3) is 0.600. The van der Waals surface area contributed by atoms with Gasteiger partial charge in [-0.2, -0.15) is 5.10 Å². The molecule has 0 unspecified atom stereocenters. The molecule has 0 aliphatic rings. The molecule has 84 valence electrons. The molecule has 0 spiro atoms. The SMILES string of the molecule is COCCCNC(=O)c1cc(C)nn1C. The van der Waals surface area contributed by atoms with Crippen LogP contribution >= 0.6 is 0 Å². The van der Waals surface area contributed by atoms with Crippen LogP contribution in [0.1, 0.15) is 22.6 Å². The van der Waals surface area contributed by atoms with Crippen LogP contribution in [-0.4, -0.2) is 35.9 Å². The monoisotopic (exact) mass is 211 g/mol. The number of hydrogen-bond acceptors (Lipinski definition) is 3. The van der Waals surface area contributed by atoms with Crippen molar-refractivity contribution < 1.29 is 9.53 Å². The Morgan fingerprint density at radius 2 is 2.40 bits per heavy atom. The lowest BCUT2D eigenvalue weighted by molar-refractivity contribution is 0.0939. The van der Waals surface area contributed by atoms with Crippen molar-refractivity contribution >= 4 is 5.91 Å². The van der Waals surface area contributed by atoms with Crippen molar-refractivity contribution in [2.24, 2.45) is 7.05 Å². The van der Waals surface area contributed by atoms with Gasteiger partial charge in [-0.3, -0.25) is 9.48 Å². The van der Waals surface area contributed by atoms with Crippen LogP contribution in [0.3, 0.4) is 0 Å². The van der Waals surface area contributed by atoms with Crippen LogP contribution in [0, 0.1) is 6.92 Å². The number of carbonyl (C=O) groups is 1. The molecule has 5 nitrogen and oxygen atoms in total. The first kappa shape index (κ1) is 11.7. The number of aryl methyl sites for hydroxylation is 2. The Kier molecular flexibility index (Phi) is 4.30. The Balaban J connectivity index is 2.43. The maximum absolute atomic E-state index is 11.6. The molecule has 0 bridgehead atoms. The van der Waals surface area contributed by atoms with Crippen LogP contribution in [0.15, 0.2) is 6.07 Å². The zero-order valence-electron chi connectivity index (χ0n) is 9.41. The second kappa shape index (κ2) is 5.50. The summed E-state index contributed by atoms with van der Waals surface area (Å²) in [5.74, 6) is -0.0887. The summed E-state index contributed by atoms with van der Waals surface area (Å²) < 4.78 is 6.47. The van der Waals surface area contributed by atoms with Gasteiger partial charge in [0, 0.05) is 27.3 Å². The van der Waals surface area contributed by atoms with Gasteiger partial charge in [0.1, 0.15) is 5.69 Å². The van der Waals surface area contributed by atoms with E-state index in [2.05, 4.69) is 10.4 Å². The highest BCUT2D eigenvalue weighted by Gasteiger charge is 2.10. The summed E-state index contributed by atoms with van der Waals surface area (Å²) in [6.45, 7) is 3.14. The smallest absolute Gasteiger partial charge is 0.269 e. The molecule has 0 aliphatic carbocycles. The van der Waals surface area contributed by atoms with Crippen LogP contribution < -0.4 is 5.32 Å². The van der Waals surface area contributed by atoms with Crippen molar-refractivity contribution in [1.29, 1.82) is 0 Å². The molecule has 1 amide bonds. The molecule has 1 aromatic rings. The lowest BCUT2D eigenvalue weighted by atomic mass is 10.3. The molecule has 1 rings (SSSR count). The highest BCUT2D eigenvalue weighted by atomic mass is 16.5. The van der Waals surface area contributed by atoms with Crippen LogP contribution in [0.2, 0.25) is 0 Å². The van der Waals surface area contributed by atoms with Gasteiger partial charge in [-0.05, 0) is 19.4 Å². The van der Waals surface area contributed by atoms with Gasteiger partial charge in [0.25, 0.3) is 5.91 Å². The zero-order valence-corrected chi connectivity index (χ0v) is 9.41. The highest BCUT2D eigenvalue weighted by Crippen LogP contribution is 2.01. The van der Waals surface area contributed by atoms with E-state index in [9.17, 15) is 4.79 Å². The molecule has 5 heteroatoms. The normalized spacial score (nSPS) is 10.3. The minimum atomic E-state index is -0.0887. The Hall–Kier alpha value is -1.36. The second-order valence-corrected chi connectivity index (χ2v) is 3.40. The summed E-state index contributed by atoms with van der Waals surface area (Å²) in [7, 11) is 3.41. The lowest BCUT2D eigenvalue weighted by Crippen LogP contribution is -2.27. The van der Waals surface area contributed by atoms with Crippen molar-refractivity contribution in [3.05, 3.63) is 17.5 Å². The number of nitrogens with zero attached hydrogens (tertiary/aromatic N) is 2. The number of nitrogens with one attached hydrogen (secondary N) is 1. The number of carbonyl (C=O) groups excluding carboxylic acids is 1. The maximum atomic E-state index is 11.6. The van der Waals surface area contributed by atoms with Crippen molar-refractivity contribution in [3.63, 3.8) is 0 Å². The quantitative estimate of drug-likeness (QED) is 0.721. The topological polar surface area (TPSA) is 56.1 Å². The fourth-order valence-corrected chi connectivity index (χ4v) is 1.33. The molecule has 0 atom stereocenters. The molecule has 15 heavy (non-hydrogen) atoms. The molecule has 0 saturated carbocycles. The Labute approximate surface area is 89.4 Å². The fourth-order valence-electron chi connectivity index (χ4n) is 1.33. The summed E-state index contributed by atoms with van der Waals surface area (Å²) in [5, 5.41) is 6.92. The van der Waals surface area contributed by atoms with Crippen molar-refractivity contribution in [3.8, 4) is 0 Å². The third-order valence-electron chi connectivity index (χ3n) is 2.05. The van der Waals surface area contributed by atoms with E-state index in [0.717, 1.165) is 12.1 Å². The summed E-state index contributed by atoms with van der Waals surface area (Å²) >= 11 is 0. The van der Waals surface area contributed by atoms with Crippen molar-refractivity contribution in [2.75, 3.05) is 20.3 Å². The summed E-state index contributed by atoms with van der Waals surface area (Å²) in [5.41, 5.74) is 1.43. The largest absolute Gasteiger partial charge is 0.385 e. The van der Waals surface area contributed by atoms with Crippen LogP contribution in [0.25, 0.3) is 0 Å². The summed E-state index contributed by atoms with van der Waals surface area (Å²) in [6, 6.07) is 1.77. The van der Waals surface area contributed by atoms with Gasteiger partial charge in [-0.25, -0.2) is 0 Å². The number of rotatable bonds is 5. The lowest BCUT2D eigenvalue weighted by Gasteiger charge is -2.04. The summed E-state index contributed by atoms with van der Waals surface area (Å²) in [6.07, 6.45) is 0.819. The van der Waals surface area contributed by atoms with E-state index >= 15 is 0 Å². The molecule has 0 saturated heterocycles. The van der Waals surface area contributed by atoms with Crippen LogP contribution in [0.5, 0.6) is 0 Å². The number of methoxy groups -OCH3 is 1. The van der Waals surface area contributed by atoms with Gasteiger partial charge >= 0.3 is 0 Å². The first-order chi connectivity index (χ1) is 7.15. The molecular formula is C10H17N3O2. The Morgan fingerprint density at radius 1 is 1.67 bits per heavy atom. The molecule has 0 fully saturated rings. The van der Waals surface area contributed by atoms with Crippen molar-refractivity contribution in [1.82, 2.24) is 15.1 Å². The van der Waals surface area contributed by atoms with E-state index in [4.69, 9.17) is 4.74 Å². The summed E-state index contributed by atoms with van der Waals surface area (Å²) in [4.78, 5) is 11.6. The van der Waals surface area contributed by atoms with E-state index in [1.165, 1.54) is 0 Å². The van der Waals surface area contributed by atoms with Gasteiger partial charge < -0.3 is 10.1 Å². The van der Waals surface area contributed by atoms with Gasteiger partial charge in [0.15, 0.2) is 0 Å². The standard InChI is InChI=1S/C10H17N3O2/c1-8-7-9(13(2)12-8)10(14)11-5-4-6-15-3/h7H,4-6H2,1-3H3,(H,11,14). The molecule has 1 N–H and O–H groups in total. The molecule has 0 aromatic carbocycles. The maximum Gasteiger partial charge on any atom is 0.269 e. The number of ether oxygens (including phenoxy) is 1. The van der Waals surface area contributed by atoms with Gasteiger partial charge in [-0.15, -0.1) is 0 Å². The number of amides is 1. The third kappa shape index (κ3) is 3.36. The predicted octanol–water partition coefficient (Wildman–Crippen LogP) is 0.495. The minimum absolute atomic E-state index is 0.0887. The molecular weight excluding hydrogens is 194 g/mol. The average molecular weight is 211 g/mol. The van der Waals surface area contributed by atoms with E-state index in [-0.39, 0.29) is 5.91 Å². The average Bonchev–Trinajstić information content (AvgIpc) is 2.52. The van der Waals surface area contributed by atoms with Gasteiger partial charge in [0.2, 0.25) is 0 Å². The van der Waals surface area contributed by atoms with E-state index in [1.54, 1.807) is 24.9 Å². The predicted molar refractivity (Wildman–Crippen MR) is 56.8 cm³/mol. The molecule has 0 aliphatic heterocycles. The van der Waals surface area contributed by atoms with E-state index in [0.29, 0.717) is 18.8 Å². The van der Waals surface area contributed by atoms with Crippen molar-refractivity contribution in [2.45, 2.75) is 13.3 Å². The Morgan fingerprint density at radius 3 is 2.93 bits per heavy atom. The van der Waals surface area contributed by atoms with Gasteiger partial charge in [-0.1, -0.05) is 0 Å². The number of hydrogen-bond donors (Lipinski definition) is 1. The second-order valence-electron chi connectivity index (χ2n) is 3.40. The molecule has 1 aromatic heterocycles. The van der Waals surface area contributed by atoms with Crippen LogP contribution in [-0.2, 0) is 11.8 Å². The molecule has 0 radical (unpaired) electrons. The van der Waals surface area contributed by atoms with Gasteiger partial charge in [0.05, 0.1) is 5.69 Å². The first-order valence-corrected chi connectivity index (χ1v) is 4.93. The van der Waals surface area contributed by atoms with Crippen LogP contribution in [0.4, 0.5) is 0 Å². The van der Waals surface area contributed by atoms with E-state index in [1.807, 2.05) is 6.92 Å². The zero-order chi connectivity index (χ0) is 11.3. The number of aromatic nitrogens is 2. The Bertz CT molecular complexity index is 333. The first-order valence-electron chi connectivity index (χ1n) is 4.93. The molecule has 1 heterocycles.